The van der Waals surface area contributed by atoms with Crippen LogP contribution in [0.5, 0.6) is 0 Å². The molecule has 3 aromatic rings. The molecule has 138 valence electrons. The Morgan fingerprint density at radius 1 is 1.04 bits per heavy atom. The third-order valence-corrected chi connectivity index (χ3v) is 4.38. The zero-order chi connectivity index (χ0) is 19.6. The van der Waals surface area contributed by atoms with E-state index in [2.05, 4.69) is 15.6 Å². The van der Waals surface area contributed by atoms with Gasteiger partial charge in [-0.05, 0) is 37.6 Å². The number of amides is 2. The fourth-order valence-corrected chi connectivity index (χ4v) is 3.12. The number of carbonyl (C=O) groups excluding carboxylic acids is 3. The van der Waals surface area contributed by atoms with Crippen molar-refractivity contribution in [2.75, 3.05) is 5.32 Å². The van der Waals surface area contributed by atoms with E-state index in [0.29, 0.717) is 16.9 Å². The van der Waals surface area contributed by atoms with Gasteiger partial charge < -0.3 is 15.6 Å². The lowest BCUT2D eigenvalue weighted by atomic mass is 10.0. The minimum absolute atomic E-state index is 0.172. The van der Waals surface area contributed by atoms with E-state index in [4.69, 9.17) is 0 Å². The largest absolute Gasteiger partial charge is 0.358 e. The zero-order valence-electron chi connectivity index (χ0n) is 15.4. The van der Waals surface area contributed by atoms with Crippen LogP contribution in [-0.4, -0.2) is 22.6 Å². The van der Waals surface area contributed by atoms with Crippen LogP contribution in [0.15, 0.2) is 48.5 Å². The van der Waals surface area contributed by atoms with Gasteiger partial charge >= 0.3 is 0 Å². The van der Waals surface area contributed by atoms with Crippen molar-refractivity contribution in [3.63, 3.8) is 0 Å². The molecular weight excluding hydrogens is 342 g/mol. The molecule has 1 atom stereocenters. The number of aromatic nitrogens is 1. The highest BCUT2D eigenvalue weighted by Gasteiger charge is 2.24. The number of para-hydroxylation sites is 1. The van der Waals surface area contributed by atoms with E-state index in [9.17, 15) is 14.4 Å². The van der Waals surface area contributed by atoms with Crippen molar-refractivity contribution in [2.45, 2.75) is 26.8 Å². The first-order valence-electron chi connectivity index (χ1n) is 8.67. The first-order valence-corrected chi connectivity index (χ1v) is 8.67. The van der Waals surface area contributed by atoms with Crippen LogP contribution < -0.4 is 10.6 Å². The van der Waals surface area contributed by atoms with E-state index in [0.717, 1.165) is 16.5 Å². The molecule has 0 saturated carbocycles. The summed E-state index contributed by atoms with van der Waals surface area (Å²) in [5, 5.41) is 6.18. The average Bonchev–Trinajstić information content (AvgIpc) is 2.96. The lowest BCUT2D eigenvalue weighted by molar-refractivity contribution is -0.117. The molecule has 0 unspecified atom stereocenters. The normalized spacial score (nSPS) is 11.8. The Hall–Kier alpha value is -3.41. The van der Waals surface area contributed by atoms with Crippen molar-refractivity contribution in [3.05, 3.63) is 65.4 Å². The smallest absolute Gasteiger partial charge is 0.292 e. The van der Waals surface area contributed by atoms with Crippen LogP contribution >= 0.6 is 0 Å². The zero-order valence-corrected chi connectivity index (χ0v) is 15.4. The summed E-state index contributed by atoms with van der Waals surface area (Å²) in [6, 6.07) is 14.2. The van der Waals surface area contributed by atoms with Crippen LogP contribution in [-0.2, 0) is 9.59 Å². The molecule has 0 bridgehead atoms. The first kappa shape index (κ1) is 18.4. The summed E-state index contributed by atoms with van der Waals surface area (Å²) >= 11 is 0. The number of rotatable bonds is 5. The number of aryl methyl sites for hydroxylation is 1. The highest BCUT2D eigenvalue weighted by molar-refractivity contribution is 6.45. The molecule has 0 saturated heterocycles. The van der Waals surface area contributed by atoms with Crippen molar-refractivity contribution in [1.29, 1.82) is 0 Å². The molecule has 0 fully saturated rings. The average molecular weight is 363 g/mol. The van der Waals surface area contributed by atoms with E-state index >= 15 is 0 Å². The first-order chi connectivity index (χ1) is 12.9. The fourth-order valence-electron chi connectivity index (χ4n) is 3.12. The van der Waals surface area contributed by atoms with Crippen molar-refractivity contribution in [2.24, 2.45) is 0 Å². The van der Waals surface area contributed by atoms with Gasteiger partial charge in [0.05, 0.1) is 11.6 Å². The van der Waals surface area contributed by atoms with E-state index in [1.54, 1.807) is 32.0 Å². The number of nitrogens with one attached hydrogen (secondary N) is 3. The van der Waals surface area contributed by atoms with Gasteiger partial charge in [0.15, 0.2) is 0 Å². The van der Waals surface area contributed by atoms with Gasteiger partial charge in [0.1, 0.15) is 0 Å². The molecule has 1 aromatic heterocycles. The van der Waals surface area contributed by atoms with Gasteiger partial charge in [-0.1, -0.05) is 30.3 Å². The van der Waals surface area contributed by atoms with Crippen LogP contribution in [0.2, 0.25) is 0 Å². The van der Waals surface area contributed by atoms with Gasteiger partial charge in [0.2, 0.25) is 5.91 Å². The second-order valence-electron chi connectivity index (χ2n) is 6.50. The predicted molar refractivity (Wildman–Crippen MR) is 105 cm³/mol. The standard InChI is InChI=1S/C21H21N3O3/c1-12(15-7-6-8-16(11-15)24-14(3)25)23-21(27)20(26)19-13(2)22-18-10-5-4-9-17(18)19/h4-12,22H,1-3H3,(H,23,27)(H,24,25)/t12-/m1/s1. The summed E-state index contributed by atoms with van der Waals surface area (Å²) in [5.74, 6) is -1.41. The van der Waals surface area contributed by atoms with Gasteiger partial charge in [-0.15, -0.1) is 0 Å². The minimum atomic E-state index is -0.666. The molecule has 1 heterocycles. The monoisotopic (exact) mass is 363 g/mol. The van der Waals surface area contributed by atoms with E-state index in [-0.39, 0.29) is 11.9 Å². The summed E-state index contributed by atoms with van der Waals surface area (Å²) in [4.78, 5) is 39.6. The van der Waals surface area contributed by atoms with Gasteiger partial charge in [-0.25, -0.2) is 0 Å². The number of ketones is 1. The van der Waals surface area contributed by atoms with Crippen LogP contribution in [0, 0.1) is 6.92 Å². The summed E-state index contributed by atoms with van der Waals surface area (Å²) in [6.07, 6.45) is 0. The van der Waals surface area contributed by atoms with Crippen molar-refractivity contribution < 1.29 is 14.4 Å². The van der Waals surface area contributed by atoms with Crippen molar-refractivity contribution in [3.8, 4) is 0 Å². The number of carbonyl (C=O) groups is 3. The van der Waals surface area contributed by atoms with Crippen LogP contribution in [0.4, 0.5) is 5.69 Å². The number of H-pyrrole nitrogens is 1. The van der Waals surface area contributed by atoms with Crippen molar-refractivity contribution in [1.82, 2.24) is 10.3 Å². The Morgan fingerprint density at radius 2 is 1.78 bits per heavy atom. The van der Waals surface area contributed by atoms with Gasteiger partial charge in [0.25, 0.3) is 11.7 Å². The number of hydrogen-bond donors (Lipinski definition) is 3. The Labute approximate surface area is 157 Å². The molecule has 2 aromatic carbocycles. The Kier molecular flexibility index (Phi) is 5.07. The molecule has 3 N–H and O–H groups in total. The molecule has 27 heavy (non-hydrogen) atoms. The van der Waals surface area contributed by atoms with E-state index in [1.165, 1.54) is 6.92 Å². The number of aromatic amines is 1. The maximum Gasteiger partial charge on any atom is 0.292 e. The van der Waals surface area contributed by atoms with Gasteiger partial charge in [-0.2, -0.15) is 0 Å². The molecule has 2 amide bonds. The number of Topliss-reactive ketones (excluding diaryl/α,β-unsaturated/α-hetero) is 1. The third-order valence-electron chi connectivity index (χ3n) is 4.38. The Morgan fingerprint density at radius 3 is 2.52 bits per heavy atom. The second kappa shape index (κ2) is 7.45. The highest BCUT2D eigenvalue weighted by atomic mass is 16.2. The fraction of sp³-hybridized carbons (Fsp3) is 0.190. The summed E-state index contributed by atoms with van der Waals surface area (Å²) in [6.45, 7) is 5.00. The summed E-state index contributed by atoms with van der Waals surface area (Å²) in [5.41, 5.74) is 3.30. The number of hydrogen-bond acceptors (Lipinski definition) is 3. The van der Waals surface area contributed by atoms with Crippen LogP contribution in [0.3, 0.4) is 0 Å². The van der Waals surface area contributed by atoms with Gasteiger partial charge in [-0.3, -0.25) is 14.4 Å². The summed E-state index contributed by atoms with van der Waals surface area (Å²) < 4.78 is 0. The molecule has 0 aliphatic rings. The van der Waals surface area contributed by atoms with Crippen LogP contribution in [0.25, 0.3) is 10.9 Å². The van der Waals surface area contributed by atoms with E-state index in [1.807, 2.05) is 30.3 Å². The number of anilines is 1. The molecule has 0 aliphatic carbocycles. The molecule has 0 radical (unpaired) electrons. The lowest BCUT2D eigenvalue weighted by Crippen LogP contribution is -2.33. The van der Waals surface area contributed by atoms with Gasteiger partial charge in [0, 0.05) is 29.2 Å². The molecule has 6 nitrogen and oxygen atoms in total. The SMILES string of the molecule is CC(=O)Nc1cccc([C@@H](C)NC(=O)C(=O)c2c(C)[nH]c3ccccc23)c1. The van der Waals surface area contributed by atoms with Crippen LogP contribution in [0.1, 0.15) is 41.5 Å². The molecular formula is C21H21N3O3. The lowest BCUT2D eigenvalue weighted by Gasteiger charge is -2.15. The van der Waals surface area contributed by atoms with E-state index < -0.39 is 11.7 Å². The third kappa shape index (κ3) is 3.89. The molecule has 0 aliphatic heterocycles. The quantitative estimate of drug-likeness (QED) is 0.479. The summed E-state index contributed by atoms with van der Waals surface area (Å²) in [7, 11) is 0. The highest BCUT2D eigenvalue weighted by Crippen LogP contribution is 2.23. The number of fused-ring (bicyclic) bond motifs is 1. The number of benzene rings is 2. The molecule has 3 rings (SSSR count). The Balaban J connectivity index is 1.79. The molecule has 0 spiro atoms. The Bertz CT molecular complexity index is 1040. The van der Waals surface area contributed by atoms with Crippen molar-refractivity contribution >= 4 is 34.2 Å². The molecule has 6 heteroatoms. The maximum absolute atomic E-state index is 12.7. The minimum Gasteiger partial charge on any atom is -0.358 e. The predicted octanol–water partition coefficient (Wildman–Crippen LogP) is 3.49. The second-order valence-corrected chi connectivity index (χ2v) is 6.50. The topological polar surface area (TPSA) is 91.1 Å². The maximum atomic E-state index is 12.7.